The summed E-state index contributed by atoms with van der Waals surface area (Å²) < 4.78 is 1.62. The van der Waals surface area contributed by atoms with Crippen molar-refractivity contribution in [2.75, 3.05) is 17.6 Å². The van der Waals surface area contributed by atoms with Gasteiger partial charge in [-0.2, -0.15) is 15.0 Å². The number of hydrogen-bond acceptors (Lipinski definition) is 7. The van der Waals surface area contributed by atoms with E-state index in [9.17, 15) is 4.79 Å². The Bertz CT molecular complexity index is 553. The number of imidazole rings is 1. The Balaban J connectivity index is 2.03. The van der Waals surface area contributed by atoms with Crippen molar-refractivity contribution in [2.45, 2.75) is 12.8 Å². The number of aromatic nitrogens is 5. The number of nitrogens with one attached hydrogen (secondary N) is 1. The maximum atomic E-state index is 10.6. The Hall–Kier alpha value is -2.71. The Morgan fingerprint density at radius 3 is 2.89 bits per heavy atom. The first-order valence-electron chi connectivity index (χ1n) is 5.67. The number of carbonyl (C=O) groups is 1. The van der Waals surface area contributed by atoms with Gasteiger partial charge in [-0.3, -0.25) is 9.36 Å². The predicted octanol–water partition coefficient (Wildman–Crippen LogP) is -0.683. The third kappa shape index (κ3) is 3.63. The molecule has 0 aliphatic carbocycles. The van der Waals surface area contributed by atoms with Gasteiger partial charge in [-0.15, -0.1) is 0 Å². The standard InChI is InChI=1S/C10H14N8O/c11-7(19)2-1-3-14-9-15-8(12)16-10(17-9)18-5-4-13-6-18/h4-6H,1-3H2,(H2,11,19)(H3,12,14,15,16,17). The van der Waals surface area contributed by atoms with Crippen LogP contribution in [0.15, 0.2) is 18.7 Å². The summed E-state index contributed by atoms with van der Waals surface area (Å²) in [5.41, 5.74) is 10.7. The van der Waals surface area contributed by atoms with Gasteiger partial charge in [0.05, 0.1) is 0 Å². The van der Waals surface area contributed by atoms with Crippen molar-refractivity contribution >= 4 is 17.8 Å². The van der Waals surface area contributed by atoms with Crippen LogP contribution in [0.5, 0.6) is 0 Å². The molecule has 0 spiro atoms. The molecule has 2 rings (SSSR count). The smallest absolute Gasteiger partial charge is 0.241 e. The number of rotatable bonds is 6. The molecule has 0 bridgehead atoms. The summed E-state index contributed by atoms with van der Waals surface area (Å²) in [5.74, 6) is 0.496. The predicted molar refractivity (Wildman–Crippen MR) is 68.3 cm³/mol. The molecule has 0 saturated heterocycles. The van der Waals surface area contributed by atoms with E-state index in [-0.39, 0.29) is 11.9 Å². The normalized spacial score (nSPS) is 10.3. The highest BCUT2D eigenvalue weighted by Crippen LogP contribution is 2.06. The van der Waals surface area contributed by atoms with E-state index in [2.05, 4.69) is 25.3 Å². The van der Waals surface area contributed by atoms with Crippen LogP contribution in [0.2, 0.25) is 0 Å². The molecule has 1 amide bonds. The van der Waals surface area contributed by atoms with Crippen LogP contribution in [0.4, 0.5) is 11.9 Å². The molecule has 2 heterocycles. The second kappa shape index (κ2) is 5.76. The van der Waals surface area contributed by atoms with E-state index in [1.54, 1.807) is 23.3 Å². The van der Waals surface area contributed by atoms with E-state index in [0.29, 0.717) is 31.3 Å². The zero-order valence-electron chi connectivity index (χ0n) is 10.2. The second-order valence-corrected chi connectivity index (χ2v) is 3.78. The number of hydrogen-bond donors (Lipinski definition) is 3. The topological polar surface area (TPSA) is 138 Å². The molecule has 0 saturated carbocycles. The number of nitrogen functional groups attached to an aromatic ring is 1. The van der Waals surface area contributed by atoms with Crippen LogP contribution in [0, 0.1) is 0 Å². The highest BCUT2D eigenvalue weighted by atomic mass is 16.1. The Morgan fingerprint density at radius 2 is 2.21 bits per heavy atom. The second-order valence-electron chi connectivity index (χ2n) is 3.78. The number of carbonyl (C=O) groups excluding carboxylic acids is 1. The lowest BCUT2D eigenvalue weighted by molar-refractivity contribution is -0.118. The van der Waals surface area contributed by atoms with Crippen LogP contribution in [0.25, 0.3) is 5.95 Å². The van der Waals surface area contributed by atoms with Crippen LogP contribution >= 0.6 is 0 Å². The molecule has 9 heteroatoms. The number of primary amides is 1. The lowest BCUT2D eigenvalue weighted by Crippen LogP contribution is -2.14. The summed E-state index contributed by atoms with van der Waals surface area (Å²) in [4.78, 5) is 26.6. The summed E-state index contributed by atoms with van der Waals surface area (Å²) in [6, 6.07) is 0. The van der Waals surface area contributed by atoms with E-state index in [4.69, 9.17) is 11.5 Å². The van der Waals surface area contributed by atoms with Gasteiger partial charge in [-0.25, -0.2) is 4.98 Å². The summed E-state index contributed by atoms with van der Waals surface area (Å²) in [6.07, 6.45) is 5.78. The van der Waals surface area contributed by atoms with Crippen LogP contribution in [0.3, 0.4) is 0 Å². The van der Waals surface area contributed by atoms with Gasteiger partial charge >= 0.3 is 0 Å². The molecular formula is C10H14N8O. The average molecular weight is 262 g/mol. The third-order valence-electron chi connectivity index (χ3n) is 2.26. The SMILES string of the molecule is NC(=O)CCCNc1nc(N)nc(-n2ccnc2)n1. The quantitative estimate of drug-likeness (QED) is 0.586. The molecule has 0 radical (unpaired) electrons. The van der Waals surface area contributed by atoms with Gasteiger partial charge in [0, 0.05) is 25.4 Å². The Labute approximate surface area is 109 Å². The zero-order chi connectivity index (χ0) is 13.7. The fraction of sp³-hybridized carbons (Fsp3) is 0.300. The molecule has 9 nitrogen and oxygen atoms in total. The fourth-order valence-corrected chi connectivity index (χ4v) is 1.42. The van der Waals surface area contributed by atoms with Crippen molar-refractivity contribution in [3.8, 4) is 5.95 Å². The lowest BCUT2D eigenvalue weighted by Gasteiger charge is -2.06. The molecule has 0 aliphatic heterocycles. The van der Waals surface area contributed by atoms with Gasteiger partial charge in [0.25, 0.3) is 0 Å². The van der Waals surface area contributed by atoms with Crippen molar-refractivity contribution in [2.24, 2.45) is 5.73 Å². The van der Waals surface area contributed by atoms with Crippen LogP contribution in [-0.2, 0) is 4.79 Å². The van der Waals surface area contributed by atoms with E-state index in [1.165, 1.54) is 0 Å². The van der Waals surface area contributed by atoms with Gasteiger partial charge in [0.1, 0.15) is 6.33 Å². The molecule has 0 aliphatic rings. The monoisotopic (exact) mass is 262 g/mol. The first kappa shape index (κ1) is 12.7. The molecular weight excluding hydrogens is 248 g/mol. The highest BCUT2D eigenvalue weighted by Gasteiger charge is 2.05. The van der Waals surface area contributed by atoms with Crippen molar-refractivity contribution < 1.29 is 4.79 Å². The summed E-state index contributed by atoms with van der Waals surface area (Å²) in [5, 5.41) is 2.96. The number of nitrogens with zero attached hydrogens (tertiary/aromatic N) is 5. The minimum atomic E-state index is -0.337. The maximum absolute atomic E-state index is 10.6. The van der Waals surface area contributed by atoms with Crippen molar-refractivity contribution in [3.63, 3.8) is 0 Å². The maximum Gasteiger partial charge on any atom is 0.241 e. The Morgan fingerprint density at radius 1 is 1.37 bits per heavy atom. The summed E-state index contributed by atoms with van der Waals surface area (Å²) in [6.45, 7) is 0.524. The lowest BCUT2D eigenvalue weighted by atomic mass is 10.3. The van der Waals surface area contributed by atoms with Crippen molar-refractivity contribution in [1.29, 1.82) is 0 Å². The molecule has 0 fully saturated rings. The minimum absolute atomic E-state index is 0.108. The number of nitrogens with two attached hydrogens (primary N) is 2. The minimum Gasteiger partial charge on any atom is -0.370 e. The molecule has 19 heavy (non-hydrogen) atoms. The van der Waals surface area contributed by atoms with Gasteiger partial charge in [-0.05, 0) is 6.42 Å². The molecule has 2 aromatic heterocycles. The van der Waals surface area contributed by atoms with Gasteiger partial charge < -0.3 is 16.8 Å². The summed E-state index contributed by atoms with van der Waals surface area (Å²) >= 11 is 0. The molecule has 0 atom stereocenters. The molecule has 0 unspecified atom stereocenters. The molecule has 2 aromatic rings. The zero-order valence-corrected chi connectivity index (χ0v) is 10.2. The molecule has 5 N–H and O–H groups in total. The first-order valence-corrected chi connectivity index (χ1v) is 5.67. The number of amides is 1. The number of anilines is 2. The average Bonchev–Trinajstić information content (AvgIpc) is 2.87. The van der Waals surface area contributed by atoms with Gasteiger partial charge in [0.2, 0.25) is 23.8 Å². The van der Waals surface area contributed by atoms with Crippen LogP contribution in [-0.4, -0.2) is 37.0 Å². The largest absolute Gasteiger partial charge is 0.370 e. The highest BCUT2D eigenvalue weighted by molar-refractivity contribution is 5.73. The molecule has 100 valence electrons. The van der Waals surface area contributed by atoms with Crippen LogP contribution in [0.1, 0.15) is 12.8 Å². The van der Waals surface area contributed by atoms with E-state index < -0.39 is 0 Å². The van der Waals surface area contributed by atoms with Gasteiger partial charge in [0.15, 0.2) is 0 Å². The van der Waals surface area contributed by atoms with E-state index >= 15 is 0 Å². The summed E-state index contributed by atoms with van der Waals surface area (Å²) in [7, 11) is 0. The first-order chi connectivity index (χ1) is 9.15. The molecule has 0 aromatic carbocycles. The fourth-order valence-electron chi connectivity index (χ4n) is 1.42. The van der Waals surface area contributed by atoms with E-state index in [0.717, 1.165) is 0 Å². The van der Waals surface area contributed by atoms with Crippen LogP contribution < -0.4 is 16.8 Å². The van der Waals surface area contributed by atoms with Crippen molar-refractivity contribution in [1.82, 2.24) is 24.5 Å². The van der Waals surface area contributed by atoms with Gasteiger partial charge in [-0.1, -0.05) is 0 Å². The Kier molecular flexibility index (Phi) is 3.86. The third-order valence-corrected chi connectivity index (χ3v) is 2.26. The van der Waals surface area contributed by atoms with Crippen molar-refractivity contribution in [3.05, 3.63) is 18.7 Å². The van der Waals surface area contributed by atoms with E-state index in [1.807, 2.05) is 0 Å².